The van der Waals surface area contributed by atoms with E-state index in [1.54, 1.807) is 49.3 Å². The summed E-state index contributed by atoms with van der Waals surface area (Å²) in [6.45, 7) is 47.9. The maximum absolute atomic E-state index is 13.6. The van der Waals surface area contributed by atoms with Crippen LogP contribution in [0.3, 0.4) is 0 Å². The molecule has 0 saturated carbocycles. The van der Waals surface area contributed by atoms with Crippen LogP contribution in [0, 0.1) is 70.2 Å². The van der Waals surface area contributed by atoms with E-state index in [2.05, 4.69) is 328 Å². The van der Waals surface area contributed by atoms with Crippen LogP contribution in [0.15, 0.2) is 271 Å². The maximum atomic E-state index is 13.6. The van der Waals surface area contributed by atoms with Crippen LogP contribution < -0.4 is 16.6 Å². The summed E-state index contributed by atoms with van der Waals surface area (Å²) in [5.41, 5.74) is 16.9. The minimum absolute atomic E-state index is 0. The SMILES string of the molecule is CC(C)(C)Cc1ccnc(-c2[c-]cc(F)nc2F)c1.CC(C)(C)Cc1ccnc(-c2cc(CC(C)(C)C)ccn2)c1.CC(C)C(C)c1ccnc(-c2[c-]cccc2)c1.CCC(C)c1ccc2[c-]c(-c3ccccn3)c(=O)oc2c1.CCC(C)c1ccnc(C2=[C-]C(C)(C)C(C)(C)O2)c1.C[CH+]C.[B](c1ccccc1)c1ccccc1.[Ir].[Ir].[Ir].[Rh].c1cn[nH]c1.c1cn[nH]c1. The number of hydrogen-bond donors (Lipinski definition) is 2. The summed E-state index contributed by atoms with van der Waals surface area (Å²) in [7, 11) is 2.17. The van der Waals surface area contributed by atoms with Gasteiger partial charge in [0.25, 0.3) is 5.63 Å². The Labute approximate surface area is 815 Å². The van der Waals surface area contributed by atoms with Crippen molar-refractivity contribution in [2.75, 3.05) is 0 Å². The van der Waals surface area contributed by atoms with E-state index in [9.17, 15) is 13.6 Å². The van der Waals surface area contributed by atoms with E-state index in [1.165, 1.54) is 38.7 Å². The Hall–Kier alpha value is -9.53. The molecule has 683 valence electrons. The van der Waals surface area contributed by atoms with Gasteiger partial charge in [0.15, 0.2) is 7.28 Å². The molecule has 11 heterocycles. The number of benzene rings is 4. The largest absolute Gasteiger partial charge is 0.525 e. The van der Waals surface area contributed by atoms with Crippen LogP contribution in [0.25, 0.3) is 61.9 Å². The number of pyridine rings is 7. The van der Waals surface area contributed by atoms with Crippen molar-refractivity contribution in [1.29, 1.82) is 0 Å². The molecule has 0 bridgehead atoms. The number of rotatable bonds is 16. The second-order valence-corrected chi connectivity index (χ2v) is 35.8. The van der Waals surface area contributed by atoms with E-state index in [0.29, 0.717) is 46.2 Å². The second-order valence-electron chi connectivity index (χ2n) is 35.8. The van der Waals surface area contributed by atoms with Crippen LogP contribution in [0.5, 0.6) is 0 Å². The molecule has 128 heavy (non-hydrogen) atoms. The van der Waals surface area contributed by atoms with E-state index in [0.717, 1.165) is 83.2 Å². The number of nitrogens with one attached hydrogen (secondary N) is 2. The van der Waals surface area contributed by atoms with Gasteiger partial charge in [-0.3, -0.25) is 34.9 Å². The van der Waals surface area contributed by atoms with Crippen molar-refractivity contribution in [3.8, 4) is 45.2 Å². The molecule has 3 unspecified atom stereocenters. The molecule has 15 rings (SSSR count). The first-order chi connectivity index (χ1) is 59.0. The summed E-state index contributed by atoms with van der Waals surface area (Å²) >= 11 is 0. The van der Waals surface area contributed by atoms with Crippen molar-refractivity contribution < 1.29 is 97.7 Å². The van der Waals surface area contributed by atoms with Gasteiger partial charge in [0.2, 0.25) is 0 Å². The molecule has 10 aromatic heterocycles. The molecular weight excluding hydrogens is 2220 g/mol. The van der Waals surface area contributed by atoms with Crippen LogP contribution in [0.2, 0.25) is 0 Å². The van der Waals surface area contributed by atoms with Crippen LogP contribution in [-0.4, -0.2) is 68.2 Å². The fraction of sp³-hybridized carbons (Fsp3) is 0.336. The summed E-state index contributed by atoms with van der Waals surface area (Å²) in [6.07, 6.45) is 28.3. The number of aromatic amines is 2. The Morgan fingerprint density at radius 3 is 1.37 bits per heavy atom. The maximum Gasteiger partial charge on any atom is 0.268 e. The van der Waals surface area contributed by atoms with Crippen LogP contribution in [-0.2, 0) is 104 Å². The first kappa shape index (κ1) is 113. The molecule has 2 N–H and O–H groups in total. The Morgan fingerprint density at radius 2 is 0.938 bits per heavy atom. The van der Waals surface area contributed by atoms with Gasteiger partial charge in [-0.1, -0.05) is 272 Å². The summed E-state index contributed by atoms with van der Waals surface area (Å²) < 4.78 is 37.9. The van der Waals surface area contributed by atoms with Crippen LogP contribution in [0.1, 0.15) is 222 Å². The van der Waals surface area contributed by atoms with Gasteiger partial charge in [0.05, 0.1) is 42.8 Å². The van der Waals surface area contributed by atoms with E-state index < -0.39 is 17.5 Å². The van der Waals surface area contributed by atoms with Crippen molar-refractivity contribution in [2.24, 2.45) is 27.6 Å². The number of aromatic nitrogens is 11. The molecule has 14 nitrogen and oxygen atoms in total. The van der Waals surface area contributed by atoms with Gasteiger partial charge >= 0.3 is 0 Å². The van der Waals surface area contributed by atoms with Crippen molar-refractivity contribution in [3.05, 3.63) is 354 Å². The van der Waals surface area contributed by atoms with Gasteiger partial charge in [0, 0.05) is 147 Å². The minimum Gasteiger partial charge on any atom is -0.525 e. The van der Waals surface area contributed by atoms with E-state index in [-0.39, 0.29) is 113 Å². The number of halogens is 2. The average Bonchev–Trinajstić information content (AvgIpc) is 1.59. The predicted octanol–water partition coefficient (Wildman–Crippen LogP) is 25.6. The fourth-order valence-electron chi connectivity index (χ4n) is 12.5. The van der Waals surface area contributed by atoms with Crippen molar-refractivity contribution in [1.82, 2.24) is 55.3 Å². The summed E-state index contributed by atoms with van der Waals surface area (Å²) in [5, 5.41) is 13.2. The first-order valence-electron chi connectivity index (χ1n) is 42.8. The van der Waals surface area contributed by atoms with Gasteiger partial charge in [-0.2, -0.15) is 10.2 Å². The third-order valence-electron chi connectivity index (χ3n) is 20.2. The molecule has 14 aromatic rings. The quantitative estimate of drug-likeness (QED) is 0.0404. The zero-order valence-electron chi connectivity index (χ0n) is 78.2. The van der Waals surface area contributed by atoms with Crippen molar-refractivity contribution in [2.45, 2.75) is 208 Å². The van der Waals surface area contributed by atoms with E-state index in [1.807, 2.05) is 124 Å². The number of fused-ring (bicyclic) bond motifs is 1. The number of nitrogens with zero attached hydrogens (tertiary/aromatic N) is 9. The Balaban J connectivity index is 0.000000384. The molecule has 0 amide bonds. The molecule has 5 radical (unpaired) electrons. The zero-order chi connectivity index (χ0) is 90.5. The molecule has 21 heteroatoms. The van der Waals surface area contributed by atoms with Crippen molar-refractivity contribution in [3.63, 3.8) is 0 Å². The average molecular weight is 2340 g/mol. The Bertz CT molecular complexity index is 5370. The van der Waals surface area contributed by atoms with Crippen LogP contribution in [0.4, 0.5) is 8.78 Å². The smallest absolute Gasteiger partial charge is 0.268 e. The number of hydrogen-bond acceptors (Lipinski definition) is 12. The molecule has 0 saturated heterocycles. The Morgan fingerprint density at radius 1 is 0.484 bits per heavy atom. The van der Waals surface area contributed by atoms with E-state index >= 15 is 0 Å². The third kappa shape index (κ3) is 39.4. The molecule has 0 spiro atoms. The molecule has 1 aliphatic rings. The van der Waals surface area contributed by atoms with Crippen molar-refractivity contribution >= 4 is 34.9 Å². The standard InChI is InChI=1S/C20H28N2.C18H16NO2.C17H24NO.C16H18N.C15H15F2N2.C12H10B.2C3H4N2.C3H7.3Ir.Rh/c1-19(2,3)13-15-7-9-21-17(11-15)18-12-16(8-10-22-18)14-20(4,5)6;1-3-12(2)13-7-8-14-10-15(16-6-4-5-9-19-16)18(20)21-17(14)11-13;1-7-12(2)13-8-9-18-14(10-13)15-11-16(3,4)17(5,6)19-15;1-12(2)13(3)15-9-10-17-16(11-15)14-7-5-4-6-8-14;1-15(2,3)9-10-6-7-18-12(8-10)11-4-5-13(16)19-14(11)17;1-3-7-11(8-4-1)13-12-9-5-2-6-10-12;2*1-2-4-5-3-1;1-3-2;;;;/h7-12H,13-14H2,1-6H3;4-9,11-12H,3H2,1-2H3;8-10,12H,7H2,1-6H3;4-7,9-13H,1-3H3;5-8H,9H2,1-3H3;1-10H;2*1-3H,(H,4,5);3H,1-2H3;;;;/q;4*-1;;;;+1;;;;. The van der Waals surface area contributed by atoms with Gasteiger partial charge in [-0.25, -0.2) is 14.9 Å². The Kier molecular flexibility index (Phi) is 49.4. The monoisotopic (exact) mass is 2340 g/mol. The summed E-state index contributed by atoms with van der Waals surface area (Å²) in [6, 6.07) is 74.3. The predicted molar refractivity (Wildman–Crippen MR) is 507 cm³/mol. The normalized spacial score (nSPS) is 12.5. The zero-order valence-corrected chi connectivity index (χ0v) is 87.0. The van der Waals surface area contributed by atoms with Crippen LogP contribution >= 0.6 is 0 Å². The van der Waals surface area contributed by atoms with Gasteiger partial charge in [0.1, 0.15) is 11.9 Å². The van der Waals surface area contributed by atoms with Gasteiger partial charge in [-0.05, 0) is 191 Å². The second kappa shape index (κ2) is 56.1. The molecule has 0 fully saturated rings. The minimum atomic E-state index is -0.889. The van der Waals surface area contributed by atoms with Gasteiger partial charge < -0.3 is 24.1 Å². The summed E-state index contributed by atoms with van der Waals surface area (Å²) in [4.78, 5) is 41.5. The molecule has 4 aromatic carbocycles. The fourth-order valence-corrected chi connectivity index (χ4v) is 12.5. The molecule has 1 aliphatic heterocycles. The topological polar surface area (TPSA) is 187 Å². The number of H-pyrrole nitrogens is 2. The number of ether oxygens (including phenoxy) is 1. The molecule has 3 atom stereocenters. The van der Waals surface area contributed by atoms with E-state index in [4.69, 9.17) is 9.15 Å². The molecular formula is C107H126BF2Ir3N11O3Rh-3. The first-order valence-corrected chi connectivity index (χ1v) is 42.8. The van der Waals surface area contributed by atoms with Gasteiger partial charge in [-0.15, -0.1) is 60.2 Å². The third-order valence-corrected chi connectivity index (χ3v) is 20.2. The summed E-state index contributed by atoms with van der Waals surface area (Å²) in [5.74, 6) is 1.21. The molecule has 0 aliphatic carbocycles.